The van der Waals surface area contributed by atoms with Gasteiger partial charge in [-0.15, -0.1) is 0 Å². The number of pyridine rings is 1. The number of carbonyl (C=O) groups is 1. The van der Waals surface area contributed by atoms with Crippen LogP contribution in [0, 0.1) is 17.2 Å². The Morgan fingerprint density at radius 1 is 1.11 bits per heavy atom. The predicted molar refractivity (Wildman–Crippen MR) is 109 cm³/mol. The summed E-state index contributed by atoms with van der Waals surface area (Å²) in [5.41, 5.74) is 5.21. The smallest absolute Gasteiger partial charge is 0.146 e. The van der Waals surface area contributed by atoms with Crippen molar-refractivity contribution < 1.29 is 4.79 Å². The molecule has 1 fully saturated rings. The molecule has 0 spiro atoms. The molecule has 138 valence electrons. The van der Waals surface area contributed by atoms with Gasteiger partial charge in [0.15, 0.2) is 0 Å². The minimum Gasteiger partial charge on any atom is -0.298 e. The van der Waals surface area contributed by atoms with Gasteiger partial charge in [0.1, 0.15) is 16.9 Å². The summed E-state index contributed by atoms with van der Waals surface area (Å²) in [5, 5.41) is 10.6. The van der Waals surface area contributed by atoms with Crippen molar-refractivity contribution in [2.75, 3.05) is 0 Å². The lowest BCUT2D eigenvalue weighted by atomic mass is 9.81. The van der Waals surface area contributed by atoms with Crippen molar-refractivity contribution >= 4 is 17.5 Å². The number of hydrogen-bond acceptors (Lipinski definition) is 4. The van der Waals surface area contributed by atoms with Crippen molar-refractivity contribution in [3.05, 3.63) is 47.0 Å². The van der Waals surface area contributed by atoms with Gasteiger partial charge in [-0.05, 0) is 49.1 Å². The summed E-state index contributed by atoms with van der Waals surface area (Å²) in [4.78, 5) is 17.3. The molecule has 1 heterocycles. The second kappa shape index (κ2) is 7.86. The lowest BCUT2D eigenvalue weighted by Crippen LogP contribution is -2.22. The van der Waals surface area contributed by atoms with E-state index < -0.39 is 0 Å². The van der Waals surface area contributed by atoms with Crippen LogP contribution in [-0.4, -0.2) is 16.0 Å². The molecular weight excluding hydrogens is 352 g/mol. The number of nitrogens with zero attached hydrogens (tertiary/aromatic N) is 2. The van der Waals surface area contributed by atoms with Crippen molar-refractivity contribution in [3.8, 4) is 17.3 Å². The summed E-state index contributed by atoms with van der Waals surface area (Å²) >= 11 is 1.52. The van der Waals surface area contributed by atoms with Crippen LogP contribution in [0.15, 0.2) is 35.4 Å². The highest BCUT2D eigenvalue weighted by atomic mass is 32.2. The van der Waals surface area contributed by atoms with Crippen LogP contribution in [0.5, 0.6) is 0 Å². The molecule has 1 aromatic heterocycles. The maximum absolute atomic E-state index is 12.4. The van der Waals surface area contributed by atoms with Crippen LogP contribution in [0.4, 0.5) is 0 Å². The maximum atomic E-state index is 12.4. The van der Waals surface area contributed by atoms with E-state index in [1.165, 1.54) is 17.3 Å². The summed E-state index contributed by atoms with van der Waals surface area (Å²) in [5.74, 6) is 0.883. The van der Waals surface area contributed by atoms with Crippen molar-refractivity contribution in [1.29, 1.82) is 5.26 Å². The van der Waals surface area contributed by atoms with Crippen LogP contribution in [0.3, 0.4) is 0 Å². The molecule has 2 aliphatic rings. The summed E-state index contributed by atoms with van der Waals surface area (Å²) < 4.78 is 0. The zero-order valence-electron chi connectivity index (χ0n) is 15.7. The summed E-state index contributed by atoms with van der Waals surface area (Å²) in [6, 6.07) is 12.7. The first-order valence-electron chi connectivity index (χ1n) is 9.88. The SMILES string of the molecule is C[C@@H]1CCc2c(-c3ccccc3)nc(S[C@H]3CCCCC3=O)c(C#N)c2C1. The second-order valence-corrected chi connectivity index (χ2v) is 8.93. The van der Waals surface area contributed by atoms with Crippen LogP contribution in [-0.2, 0) is 17.6 Å². The highest BCUT2D eigenvalue weighted by molar-refractivity contribution is 8.00. The molecule has 0 unspecified atom stereocenters. The first-order valence-corrected chi connectivity index (χ1v) is 10.8. The molecule has 0 N–H and O–H groups in total. The Balaban J connectivity index is 1.84. The Kier molecular flexibility index (Phi) is 5.31. The highest BCUT2D eigenvalue weighted by Crippen LogP contribution is 2.40. The quantitative estimate of drug-likeness (QED) is 0.725. The average Bonchev–Trinajstić information content (AvgIpc) is 2.69. The maximum Gasteiger partial charge on any atom is 0.146 e. The zero-order valence-corrected chi connectivity index (χ0v) is 16.5. The van der Waals surface area contributed by atoms with E-state index in [1.807, 2.05) is 18.2 Å². The van der Waals surface area contributed by atoms with Gasteiger partial charge in [0, 0.05) is 12.0 Å². The number of hydrogen-bond donors (Lipinski definition) is 0. The number of Topliss-reactive ketones (excluding diaryl/α,β-unsaturated/α-hetero) is 1. The topological polar surface area (TPSA) is 53.8 Å². The monoisotopic (exact) mass is 376 g/mol. The van der Waals surface area contributed by atoms with Crippen molar-refractivity contribution in [1.82, 2.24) is 4.98 Å². The van der Waals surface area contributed by atoms with Gasteiger partial charge < -0.3 is 0 Å². The average molecular weight is 377 g/mol. The molecule has 0 radical (unpaired) electrons. The first kappa shape index (κ1) is 18.3. The van der Waals surface area contributed by atoms with Gasteiger partial charge in [0.25, 0.3) is 0 Å². The number of aromatic nitrogens is 1. The molecule has 0 saturated heterocycles. The van der Waals surface area contributed by atoms with Crippen molar-refractivity contribution in [2.45, 2.75) is 62.1 Å². The summed E-state index contributed by atoms with van der Waals surface area (Å²) in [6.07, 6.45) is 6.65. The van der Waals surface area contributed by atoms with Crippen LogP contribution >= 0.6 is 11.8 Å². The second-order valence-electron chi connectivity index (χ2n) is 7.74. The number of benzene rings is 1. The largest absolute Gasteiger partial charge is 0.298 e. The van der Waals surface area contributed by atoms with Gasteiger partial charge in [0.05, 0.1) is 16.5 Å². The van der Waals surface area contributed by atoms with E-state index in [1.54, 1.807) is 0 Å². The third-order valence-corrected chi connectivity index (χ3v) is 7.03. The Bertz CT molecular complexity index is 901. The number of thioether (sulfide) groups is 1. The lowest BCUT2D eigenvalue weighted by Gasteiger charge is -2.27. The molecule has 0 amide bonds. The number of fused-ring (bicyclic) bond motifs is 1. The Morgan fingerprint density at radius 2 is 1.93 bits per heavy atom. The molecule has 2 aliphatic carbocycles. The zero-order chi connectivity index (χ0) is 18.8. The van der Waals surface area contributed by atoms with E-state index in [9.17, 15) is 10.1 Å². The molecule has 0 bridgehead atoms. The van der Waals surface area contributed by atoms with Gasteiger partial charge in [0.2, 0.25) is 0 Å². The predicted octanol–water partition coefficient (Wildman–Crippen LogP) is 5.35. The van der Waals surface area contributed by atoms with Crippen LogP contribution in [0.2, 0.25) is 0 Å². The molecule has 3 nitrogen and oxygen atoms in total. The normalized spacial score (nSPS) is 22.1. The minimum atomic E-state index is -0.0546. The summed E-state index contributed by atoms with van der Waals surface area (Å²) in [6.45, 7) is 2.25. The fraction of sp³-hybridized carbons (Fsp3) is 0.435. The Morgan fingerprint density at radius 3 is 2.67 bits per heavy atom. The van der Waals surface area contributed by atoms with E-state index in [4.69, 9.17) is 4.98 Å². The molecule has 27 heavy (non-hydrogen) atoms. The van der Waals surface area contributed by atoms with E-state index in [0.29, 0.717) is 23.7 Å². The Hall–Kier alpha value is -2.12. The van der Waals surface area contributed by atoms with Crippen LogP contribution in [0.25, 0.3) is 11.3 Å². The highest BCUT2D eigenvalue weighted by Gasteiger charge is 2.29. The lowest BCUT2D eigenvalue weighted by molar-refractivity contribution is -0.119. The number of ketones is 1. The first-order chi connectivity index (χ1) is 13.2. The molecule has 4 rings (SSSR count). The standard InChI is InChI=1S/C23H24N2OS/c1-15-11-12-17-18(13-15)19(14-24)23(27-21-10-6-5-9-20(21)26)25-22(17)16-7-3-2-4-8-16/h2-4,7-8,15,21H,5-6,9-13H2,1H3/t15-,21+/m1/s1. The van der Waals surface area contributed by atoms with E-state index >= 15 is 0 Å². The minimum absolute atomic E-state index is 0.0546. The fourth-order valence-electron chi connectivity index (χ4n) is 4.23. The van der Waals surface area contributed by atoms with Gasteiger partial charge in [-0.1, -0.05) is 55.4 Å². The Labute approximate surface area is 165 Å². The van der Waals surface area contributed by atoms with Crippen LogP contribution in [0.1, 0.15) is 55.7 Å². The molecule has 0 aliphatic heterocycles. The molecule has 2 atom stereocenters. The third-order valence-electron chi connectivity index (χ3n) is 5.73. The van der Waals surface area contributed by atoms with E-state index in [-0.39, 0.29) is 5.25 Å². The van der Waals surface area contributed by atoms with Gasteiger partial charge in [-0.25, -0.2) is 4.98 Å². The number of rotatable bonds is 3. The number of carbonyl (C=O) groups excluding carboxylic acids is 1. The van der Waals surface area contributed by atoms with Crippen molar-refractivity contribution in [2.24, 2.45) is 5.92 Å². The van der Waals surface area contributed by atoms with E-state index in [2.05, 4.69) is 25.1 Å². The molecule has 2 aromatic rings. The van der Waals surface area contributed by atoms with Crippen LogP contribution < -0.4 is 0 Å². The summed E-state index contributed by atoms with van der Waals surface area (Å²) in [7, 11) is 0. The van der Waals surface area contributed by atoms with Gasteiger partial charge >= 0.3 is 0 Å². The fourth-order valence-corrected chi connectivity index (χ4v) is 5.46. The van der Waals surface area contributed by atoms with Gasteiger partial charge in [-0.2, -0.15) is 5.26 Å². The molecule has 4 heteroatoms. The number of nitriles is 1. The van der Waals surface area contributed by atoms with E-state index in [0.717, 1.165) is 60.4 Å². The third kappa shape index (κ3) is 3.66. The molecule has 1 saturated carbocycles. The van der Waals surface area contributed by atoms with Gasteiger partial charge in [-0.3, -0.25) is 4.79 Å². The molecular formula is C23H24N2OS. The van der Waals surface area contributed by atoms with Crippen molar-refractivity contribution in [3.63, 3.8) is 0 Å². The molecule has 1 aromatic carbocycles.